The number of amides is 2. The van der Waals surface area contributed by atoms with Crippen LogP contribution >= 0.6 is 0 Å². The Balaban J connectivity index is 0.000000400. The minimum atomic E-state index is -0.297. The van der Waals surface area contributed by atoms with Crippen molar-refractivity contribution in [1.82, 2.24) is 20.4 Å². The maximum Gasteiger partial charge on any atom is 0.226 e. The fraction of sp³-hybridized carbons (Fsp3) is 0.824. The first-order valence-corrected chi connectivity index (χ1v) is 15.4. The molecule has 0 spiro atoms. The molecule has 2 amide bonds. The van der Waals surface area contributed by atoms with Gasteiger partial charge in [0.1, 0.15) is 0 Å². The van der Waals surface area contributed by atoms with E-state index >= 15 is 0 Å². The van der Waals surface area contributed by atoms with Gasteiger partial charge >= 0.3 is 0 Å². The molecule has 0 unspecified atom stereocenters. The van der Waals surface area contributed by atoms with E-state index in [2.05, 4.69) is 75.6 Å². The van der Waals surface area contributed by atoms with Gasteiger partial charge in [0.15, 0.2) is 0 Å². The molecule has 6 atom stereocenters. The van der Waals surface area contributed by atoms with Crippen LogP contribution in [0.15, 0.2) is 25.3 Å². The van der Waals surface area contributed by atoms with Gasteiger partial charge in [0, 0.05) is 24.2 Å². The first-order chi connectivity index (χ1) is 18.2. The molecule has 0 saturated heterocycles. The van der Waals surface area contributed by atoms with Gasteiger partial charge in [0.25, 0.3) is 0 Å². The molecule has 40 heavy (non-hydrogen) atoms. The van der Waals surface area contributed by atoms with Crippen molar-refractivity contribution >= 4 is 11.8 Å². The average molecular weight is 561 g/mol. The number of hydrogen-bond donors (Lipinski definition) is 2. The molecule has 2 rings (SSSR count). The van der Waals surface area contributed by atoms with Gasteiger partial charge in [-0.25, -0.2) is 0 Å². The third kappa shape index (κ3) is 11.0. The highest BCUT2D eigenvalue weighted by Crippen LogP contribution is 2.46. The molecular weight excluding hydrogens is 496 g/mol. The fourth-order valence-electron chi connectivity index (χ4n) is 6.49. The van der Waals surface area contributed by atoms with Gasteiger partial charge in [0.05, 0.1) is 10.8 Å². The second-order valence-electron chi connectivity index (χ2n) is 15.7. The fourth-order valence-corrected chi connectivity index (χ4v) is 6.49. The zero-order chi connectivity index (χ0) is 31.1. The second kappa shape index (κ2) is 14.5. The summed E-state index contributed by atoms with van der Waals surface area (Å²) >= 11 is 0. The summed E-state index contributed by atoms with van der Waals surface area (Å²) in [5.74, 6) is 2.15. The Morgan fingerprint density at radius 1 is 0.700 bits per heavy atom. The molecular formula is C34H64N4O2. The minimum absolute atomic E-state index is 0.177. The summed E-state index contributed by atoms with van der Waals surface area (Å²) in [5.41, 5.74) is -0.947. The van der Waals surface area contributed by atoms with Crippen molar-refractivity contribution in [2.45, 2.75) is 105 Å². The van der Waals surface area contributed by atoms with Crippen molar-refractivity contribution in [3.05, 3.63) is 25.3 Å². The van der Waals surface area contributed by atoms with E-state index in [0.29, 0.717) is 23.7 Å². The predicted octanol–water partition coefficient (Wildman–Crippen LogP) is 6.14. The molecule has 6 nitrogen and oxygen atoms in total. The second-order valence-corrected chi connectivity index (χ2v) is 15.7. The number of carbonyl (C=O) groups is 2. The maximum atomic E-state index is 12.8. The number of nitrogens with one attached hydrogen (secondary N) is 2. The zero-order valence-electron chi connectivity index (χ0n) is 28.2. The molecule has 6 heteroatoms. The van der Waals surface area contributed by atoms with Gasteiger partial charge in [-0.2, -0.15) is 0 Å². The van der Waals surface area contributed by atoms with Crippen molar-refractivity contribution in [3.63, 3.8) is 0 Å². The third-order valence-corrected chi connectivity index (χ3v) is 8.80. The normalized spacial score (nSPS) is 31.1. The Hall–Kier alpha value is -1.66. The van der Waals surface area contributed by atoms with E-state index in [9.17, 15) is 9.59 Å². The highest BCUT2D eigenvalue weighted by molar-refractivity contribution is 5.84. The van der Waals surface area contributed by atoms with Crippen LogP contribution in [-0.2, 0) is 9.59 Å². The summed E-state index contributed by atoms with van der Waals surface area (Å²) in [6, 6.07) is 0. The molecule has 232 valence electrons. The molecule has 0 heterocycles. The molecule has 0 radical (unpaired) electrons. The lowest BCUT2D eigenvalue weighted by Gasteiger charge is -2.45. The van der Waals surface area contributed by atoms with E-state index in [1.165, 1.54) is 0 Å². The molecule has 2 aliphatic carbocycles. The lowest BCUT2D eigenvalue weighted by Crippen LogP contribution is -2.54. The molecule has 2 fully saturated rings. The minimum Gasteiger partial charge on any atom is -0.351 e. The Morgan fingerprint density at radius 2 is 1.00 bits per heavy atom. The van der Waals surface area contributed by atoms with Crippen LogP contribution in [0.3, 0.4) is 0 Å². The average Bonchev–Trinajstić information content (AvgIpc) is 2.79. The van der Waals surface area contributed by atoms with Gasteiger partial charge in [-0.15, -0.1) is 13.2 Å². The predicted molar refractivity (Wildman–Crippen MR) is 171 cm³/mol. The standard InChI is InChI=1S/2C17H32N2O/c2*1-8-13-9-10-14(12-19(6)7)17(5,11-13)15(20)18-16(2,3)4/h2*8,13-14H,1,9-12H2,2-7H3,(H,18,20)/t13-,14+,17+;13-,14-,17+/m11/s1. The monoisotopic (exact) mass is 561 g/mol. The van der Waals surface area contributed by atoms with Gasteiger partial charge in [0.2, 0.25) is 11.8 Å². The first-order valence-electron chi connectivity index (χ1n) is 15.4. The number of allylic oxidation sites excluding steroid dienone is 2. The summed E-state index contributed by atoms with van der Waals surface area (Å²) in [6.45, 7) is 26.3. The van der Waals surface area contributed by atoms with Crippen LogP contribution in [0, 0.1) is 34.5 Å². The van der Waals surface area contributed by atoms with Crippen LogP contribution in [0.2, 0.25) is 0 Å². The van der Waals surface area contributed by atoms with Crippen LogP contribution in [0.25, 0.3) is 0 Å². The van der Waals surface area contributed by atoms with Crippen molar-refractivity contribution in [2.24, 2.45) is 34.5 Å². The Kier molecular flexibility index (Phi) is 13.2. The van der Waals surface area contributed by atoms with Crippen molar-refractivity contribution in [1.29, 1.82) is 0 Å². The molecule has 0 bridgehead atoms. The molecule has 0 aromatic rings. The maximum absolute atomic E-state index is 12.8. The summed E-state index contributed by atoms with van der Waals surface area (Å²) < 4.78 is 0. The Labute approximate surface area is 247 Å². The van der Waals surface area contributed by atoms with E-state index < -0.39 is 0 Å². The summed E-state index contributed by atoms with van der Waals surface area (Å²) in [7, 11) is 8.34. The molecule has 0 aliphatic heterocycles. The molecule has 2 N–H and O–H groups in total. The topological polar surface area (TPSA) is 64.7 Å². The highest BCUT2D eigenvalue weighted by atomic mass is 16.2. The largest absolute Gasteiger partial charge is 0.351 e. The van der Waals surface area contributed by atoms with Crippen LogP contribution in [0.1, 0.15) is 93.9 Å². The number of nitrogens with zero attached hydrogens (tertiary/aromatic N) is 2. The summed E-state index contributed by atoms with van der Waals surface area (Å²) in [4.78, 5) is 30.0. The van der Waals surface area contributed by atoms with Gasteiger partial charge < -0.3 is 20.4 Å². The van der Waals surface area contributed by atoms with Gasteiger partial charge in [-0.05, 0) is 132 Å². The van der Waals surface area contributed by atoms with E-state index in [1.807, 2.05) is 53.7 Å². The number of hydrogen-bond acceptors (Lipinski definition) is 4. The van der Waals surface area contributed by atoms with Crippen molar-refractivity contribution in [2.75, 3.05) is 41.3 Å². The number of rotatable bonds is 8. The zero-order valence-corrected chi connectivity index (χ0v) is 28.2. The SMILES string of the molecule is C=C[C@@H]1CC[C@@H](CN(C)C)[C@@](C)(C(=O)NC(C)(C)C)C1.C=C[C@@H]1CC[C@H](CN(C)C)[C@@](C)(C(=O)NC(C)(C)C)C1. The molecule has 2 aliphatic rings. The molecule has 2 saturated carbocycles. The van der Waals surface area contributed by atoms with Crippen LogP contribution in [0.4, 0.5) is 0 Å². The molecule has 0 aromatic heterocycles. The lowest BCUT2D eigenvalue weighted by molar-refractivity contribution is -0.139. The quantitative estimate of drug-likeness (QED) is 0.350. The lowest BCUT2D eigenvalue weighted by atomic mass is 9.63. The van der Waals surface area contributed by atoms with Crippen LogP contribution < -0.4 is 10.6 Å². The Bertz CT molecular complexity index is 783. The van der Waals surface area contributed by atoms with E-state index in [-0.39, 0.29) is 33.7 Å². The summed E-state index contributed by atoms with van der Waals surface area (Å²) in [5, 5.41) is 6.37. The van der Waals surface area contributed by atoms with Crippen LogP contribution in [0.5, 0.6) is 0 Å². The van der Waals surface area contributed by atoms with Gasteiger partial charge in [-0.3, -0.25) is 9.59 Å². The Morgan fingerprint density at radius 3 is 1.23 bits per heavy atom. The first kappa shape index (κ1) is 36.4. The molecule has 0 aromatic carbocycles. The van der Waals surface area contributed by atoms with Crippen molar-refractivity contribution in [3.8, 4) is 0 Å². The van der Waals surface area contributed by atoms with Crippen molar-refractivity contribution < 1.29 is 9.59 Å². The van der Waals surface area contributed by atoms with E-state index in [0.717, 1.165) is 51.6 Å². The smallest absolute Gasteiger partial charge is 0.226 e. The van der Waals surface area contributed by atoms with Gasteiger partial charge in [-0.1, -0.05) is 26.0 Å². The van der Waals surface area contributed by atoms with E-state index in [1.54, 1.807) is 0 Å². The highest BCUT2D eigenvalue weighted by Gasteiger charge is 2.47. The number of carbonyl (C=O) groups excluding carboxylic acids is 2. The third-order valence-electron chi connectivity index (χ3n) is 8.80. The van der Waals surface area contributed by atoms with Crippen LogP contribution in [-0.4, -0.2) is 74.0 Å². The van der Waals surface area contributed by atoms with E-state index in [4.69, 9.17) is 0 Å². The summed E-state index contributed by atoms with van der Waals surface area (Å²) in [6.07, 6.45) is 10.4.